The van der Waals surface area contributed by atoms with Crippen molar-refractivity contribution in [2.75, 3.05) is 11.4 Å². The Morgan fingerprint density at radius 3 is 2.69 bits per heavy atom. The van der Waals surface area contributed by atoms with Crippen molar-refractivity contribution in [3.63, 3.8) is 0 Å². The van der Waals surface area contributed by atoms with Gasteiger partial charge in [-0.05, 0) is 50.8 Å². The number of pyridine rings is 1. The van der Waals surface area contributed by atoms with Gasteiger partial charge in [-0.3, -0.25) is 9.48 Å². The van der Waals surface area contributed by atoms with Gasteiger partial charge in [0, 0.05) is 24.8 Å². The topological polar surface area (TPSA) is 97.2 Å². The number of aryl methyl sites for hydroxylation is 1. The molecule has 0 aliphatic carbocycles. The minimum Gasteiger partial charge on any atom is -0.351 e. The molecule has 3 rings (SSSR count). The zero-order chi connectivity index (χ0) is 21.4. The highest BCUT2D eigenvalue weighted by atomic mass is 35.5. The summed E-state index contributed by atoms with van der Waals surface area (Å²) in [6, 6.07) is 4.36. The molecule has 0 spiro atoms. The molecule has 8 nitrogen and oxygen atoms in total. The van der Waals surface area contributed by atoms with Crippen molar-refractivity contribution in [3.8, 4) is 0 Å². The molecule has 1 aliphatic rings. The normalized spacial score (nSPS) is 18.8. The van der Waals surface area contributed by atoms with Crippen LogP contribution in [0.15, 0.2) is 29.4 Å². The molecule has 1 saturated heterocycles. The lowest BCUT2D eigenvalue weighted by Crippen LogP contribution is -2.41. The SMILES string of the molecule is CCCn1ccc(S(=O)(=O)NC(=O)c2ccc(Cl)nc2N2CC(C)CC2(C)C)n1. The molecule has 2 aromatic rings. The Kier molecular flexibility index (Phi) is 5.91. The van der Waals surface area contributed by atoms with Crippen LogP contribution in [0.2, 0.25) is 5.15 Å². The minimum atomic E-state index is -4.11. The summed E-state index contributed by atoms with van der Waals surface area (Å²) in [6.45, 7) is 9.53. The van der Waals surface area contributed by atoms with Crippen LogP contribution in [-0.2, 0) is 16.6 Å². The molecular weight excluding hydrogens is 414 g/mol. The molecule has 0 saturated carbocycles. The number of aromatic nitrogens is 3. The molecule has 0 aromatic carbocycles. The number of nitrogens with one attached hydrogen (secondary N) is 1. The van der Waals surface area contributed by atoms with Crippen molar-refractivity contribution in [2.45, 2.75) is 57.6 Å². The highest BCUT2D eigenvalue weighted by molar-refractivity contribution is 7.90. The summed E-state index contributed by atoms with van der Waals surface area (Å²) in [5.41, 5.74) is -0.0719. The van der Waals surface area contributed by atoms with Crippen molar-refractivity contribution in [3.05, 3.63) is 35.1 Å². The predicted molar refractivity (Wildman–Crippen MR) is 112 cm³/mol. The number of nitrogens with zero attached hydrogens (tertiary/aromatic N) is 4. The van der Waals surface area contributed by atoms with E-state index in [1.54, 1.807) is 6.20 Å². The van der Waals surface area contributed by atoms with Crippen LogP contribution in [0.5, 0.6) is 0 Å². The van der Waals surface area contributed by atoms with E-state index in [9.17, 15) is 13.2 Å². The maximum atomic E-state index is 12.9. The lowest BCUT2D eigenvalue weighted by Gasteiger charge is -2.33. The Morgan fingerprint density at radius 1 is 1.34 bits per heavy atom. The van der Waals surface area contributed by atoms with Gasteiger partial charge in [-0.2, -0.15) is 13.5 Å². The van der Waals surface area contributed by atoms with Gasteiger partial charge >= 0.3 is 0 Å². The number of carbonyl (C=O) groups is 1. The summed E-state index contributed by atoms with van der Waals surface area (Å²) in [5, 5.41) is 4.08. The fourth-order valence-electron chi connectivity index (χ4n) is 3.84. The molecule has 1 unspecified atom stereocenters. The first-order valence-corrected chi connectivity index (χ1v) is 11.4. The van der Waals surface area contributed by atoms with Crippen LogP contribution < -0.4 is 9.62 Å². The molecule has 10 heteroatoms. The van der Waals surface area contributed by atoms with Crippen LogP contribution in [0.1, 0.15) is 50.9 Å². The van der Waals surface area contributed by atoms with Gasteiger partial charge in [0.1, 0.15) is 11.0 Å². The number of amides is 1. The second kappa shape index (κ2) is 7.95. The zero-order valence-electron chi connectivity index (χ0n) is 17.0. The number of carbonyl (C=O) groups excluding carboxylic acids is 1. The average Bonchev–Trinajstić information content (AvgIpc) is 3.18. The Morgan fingerprint density at radius 2 is 2.07 bits per heavy atom. The highest BCUT2D eigenvalue weighted by Crippen LogP contribution is 2.37. The molecule has 3 heterocycles. The first-order valence-electron chi connectivity index (χ1n) is 9.58. The van der Waals surface area contributed by atoms with Gasteiger partial charge in [0.05, 0.1) is 5.56 Å². The van der Waals surface area contributed by atoms with Gasteiger partial charge in [-0.25, -0.2) is 9.71 Å². The van der Waals surface area contributed by atoms with Gasteiger partial charge in [0.15, 0.2) is 5.03 Å². The Bertz CT molecular complexity index is 1020. The van der Waals surface area contributed by atoms with E-state index in [1.807, 2.05) is 11.8 Å². The van der Waals surface area contributed by atoms with E-state index in [0.717, 1.165) is 12.8 Å². The van der Waals surface area contributed by atoms with Crippen molar-refractivity contribution in [1.82, 2.24) is 19.5 Å². The lowest BCUT2D eigenvalue weighted by molar-refractivity contribution is 0.0981. The Hall–Kier alpha value is -2.13. The van der Waals surface area contributed by atoms with E-state index in [1.165, 1.54) is 22.9 Å². The second-order valence-corrected chi connectivity index (χ2v) is 10.1. The number of anilines is 1. The summed E-state index contributed by atoms with van der Waals surface area (Å²) in [5.74, 6) is 0.0357. The number of hydrogen-bond donors (Lipinski definition) is 1. The first-order chi connectivity index (χ1) is 13.5. The van der Waals surface area contributed by atoms with E-state index in [0.29, 0.717) is 24.8 Å². The minimum absolute atomic E-state index is 0.160. The first kappa shape index (κ1) is 21.6. The third kappa shape index (κ3) is 4.56. The highest BCUT2D eigenvalue weighted by Gasteiger charge is 2.39. The molecule has 1 amide bonds. The molecular formula is C19H26ClN5O3S. The van der Waals surface area contributed by atoms with E-state index >= 15 is 0 Å². The predicted octanol–water partition coefficient (Wildman–Crippen LogP) is 3.09. The van der Waals surface area contributed by atoms with E-state index < -0.39 is 15.9 Å². The van der Waals surface area contributed by atoms with Gasteiger partial charge < -0.3 is 4.90 Å². The summed E-state index contributed by atoms with van der Waals surface area (Å²) in [6.07, 6.45) is 3.32. The molecule has 0 bridgehead atoms. The molecule has 1 N–H and O–H groups in total. The van der Waals surface area contributed by atoms with Crippen LogP contribution in [0.25, 0.3) is 0 Å². The van der Waals surface area contributed by atoms with Crippen LogP contribution in [0, 0.1) is 5.92 Å². The number of hydrogen-bond acceptors (Lipinski definition) is 6. The van der Waals surface area contributed by atoms with Crippen LogP contribution in [0.3, 0.4) is 0 Å². The Labute approximate surface area is 176 Å². The standard InChI is InChI=1S/C19H26ClN5O3S/c1-5-9-24-10-8-16(22-24)29(27,28)23-18(26)14-6-7-15(20)21-17(14)25-12-13(2)11-19(25,3)4/h6-8,10,13H,5,9,11-12H2,1-4H3,(H,23,26). The average molecular weight is 440 g/mol. The van der Waals surface area contributed by atoms with Gasteiger partial charge in [-0.1, -0.05) is 25.4 Å². The number of halogens is 1. The summed E-state index contributed by atoms with van der Waals surface area (Å²) < 4.78 is 28.9. The molecule has 158 valence electrons. The smallest absolute Gasteiger partial charge is 0.283 e. The largest absolute Gasteiger partial charge is 0.351 e. The fraction of sp³-hybridized carbons (Fsp3) is 0.526. The molecule has 1 fully saturated rings. The Balaban J connectivity index is 1.91. The van der Waals surface area contributed by atoms with E-state index in [-0.39, 0.29) is 21.3 Å². The maximum absolute atomic E-state index is 12.9. The molecule has 0 radical (unpaired) electrons. The van der Waals surface area contributed by atoms with Gasteiger partial charge in [0.2, 0.25) is 0 Å². The molecule has 2 aromatic heterocycles. The summed E-state index contributed by atoms with van der Waals surface area (Å²) in [4.78, 5) is 19.3. The maximum Gasteiger partial charge on any atom is 0.283 e. The molecule has 29 heavy (non-hydrogen) atoms. The number of rotatable bonds is 6. The van der Waals surface area contributed by atoms with Gasteiger partial charge in [0.25, 0.3) is 15.9 Å². The molecule has 1 atom stereocenters. The van der Waals surface area contributed by atoms with Crippen molar-refractivity contribution >= 4 is 33.3 Å². The summed E-state index contributed by atoms with van der Waals surface area (Å²) >= 11 is 6.09. The lowest BCUT2D eigenvalue weighted by atomic mass is 9.97. The van der Waals surface area contributed by atoms with E-state index in [2.05, 4.69) is 35.6 Å². The van der Waals surface area contributed by atoms with Crippen LogP contribution >= 0.6 is 11.6 Å². The fourth-order valence-corrected chi connectivity index (χ4v) is 4.89. The van der Waals surface area contributed by atoms with Crippen molar-refractivity contribution < 1.29 is 13.2 Å². The van der Waals surface area contributed by atoms with Crippen molar-refractivity contribution in [1.29, 1.82) is 0 Å². The van der Waals surface area contributed by atoms with Crippen LogP contribution in [-0.4, -0.2) is 41.2 Å². The summed E-state index contributed by atoms with van der Waals surface area (Å²) in [7, 11) is -4.11. The zero-order valence-corrected chi connectivity index (χ0v) is 18.6. The third-order valence-electron chi connectivity index (χ3n) is 4.99. The third-order valence-corrected chi connectivity index (χ3v) is 6.42. The van der Waals surface area contributed by atoms with Crippen molar-refractivity contribution in [2.24, 2.45) is 5.92 Å². The van der Waals surface area contributed by atoms with Gasteiger partial charge in [-0.15, -0.1) is 0 Å². The van der Waals surface area contributed by atoms with Crippen LogP contribution in [0.4, 0.5) is 5.82 Å². The number of sulfonamides is 1. The second-order valence-electron chi connectivity index (χ2n) is 8.09. The van der Waals surface area contributed by atoms with E-state index in [4.69, 9.17) is 11.6 Å². The molecule has 1 aliphatic heterocycles. The quantitative estimate of drug-likeness (QED) is 0.694. The monoisotopic (exact) mass is 439 g/mol.